The van der Waals surface area contributed by atoms with Crippen LogP contribution in [0.4, 0.5) is 0 Å². The van der Waals surface area contributed by atoms with Crippen LogP contribution >= 0.6 is 0 Å². The summed E-state index contributed by atoms with van der Waals surface area (Å²) in [6.07, 6.45) is 5.59. The summed E-state index contributed by atoms with van der Waals surface area (Å²) < 4.78 is 5.92. The quantitative estimate of drug-likeness (QED) is 0.460. The van der Waals surface area contributed by atoms with Crippen LogP contribution in [0.2, 0.25) is 0 Å². The molecular formula is C25H33NO5. The number of carbonyl (C=O) groups excluding carboxylic acids is 1. The van der Waals surface area contributed by atoms with Gasteiger partial charge in [0.15, 0.2) is 0 Å². The normalized spacial score (nSPS) is 17.3. The lowest BCUT2D eigenvalue weighted by Gasteiger charge is -2.25. The van der Waals surface area contributed by atoms with Crippen LogP contribution < -0.4 is 0 Å². The number of carboxylic acid groups (broad SMARTS) is 1. The van der Waals surface area contributed by atoms with Crippen LogP contribution in [0.15, 0.2) is 40.8 Å². The minimum absolute atomic E-state index is 0.159. The van der Waals surface area contributed by atoms with Gasteiger partial charge in [-0.15, -0.1) is 0 Å². The molecule has 2 aromatic rings. The molecule has 6 heteroatoms. The predicted octanol–water partition coefficient (Wildman–Crippen LogP) is 5.09. The number of amides is 1. The van der Waals surface area contributed by atoms with Gasteiger partial charge < -0.3 is 19.5 Å². The zero-order valence-electron chi connectivity index (χ0n) is 18.3. The van der Waals surface area contributed by atoms with Gasteiger partial charge in [0, 0.05) is 31.0 Å². The highest BCUT2D eigenvalue weighted by molar-refractivity contribution is 5.78. The molecule has 31 heavy (non-hydrogen) atoms. The predicted molar refractivity (Wildman–Crippen MR) is 119 cm³/mol. The molecule has 2 atom stereocenters. The molecule has 2 N–H and O–H groups in total. The van der Waals surface area contributed by atoms with E-state index in [1.54, 1.807) is 0 Å². The van der Waals surface area contributed by atoms with Gasteiger partial charge in [0.1, 0.15) is 17.6 Å². The van der Waals surface area contributed by atoms with Crippen LogP contribution in [0.1, 0.15) is 75.2 Å². The Balaban J connectivity index is 1.46. The Bertz CT molecular complexity index is 874. The van der Waals surface area contributed by atoms with Gasteiger partial charge in [0.05, 0.1) is 0 Å². The molecular weight excluding hydrogens is 394 g/mol. The second kappa shape index (κ2) is 11.1. The standard InChI is InChI=1S/C25H33NO5/c1-18-8-5-6-9-20(18)22-14-15-23(31-22)21(27)13-11-19-12-16-24(28)26(19)17-7-3-2-4-10-25(29)30/h5-6,8-9,14-15,19,21,27H,2-4,7,10-13,16-17H2,1H3,(H,29,30). The highest BCUT2D eigenvalue weighted by Crippen LogP contribution is 2.31. The second-order valence-corrected chi connectivity index (χ2v) is 8.45. The lowest BCUT2D eigenvalue weighted by Crippen LogP contribution is -2.34. The van der Waals surface area contributed by atoms with Gasteiger partial charge >= 0.3 is 5.97 Å². The number of likely N-dealkylation sites (tertiary alicyclic amines) is 1. The molecule has 0 saturated carbocycles. The lowest BCUT2D eigenvalue weighted by molar-refractivity contribution is -0.137. The third-order valence-electron chi connectivity index (χ3n) is 6.13. The maximum atomic E-state index is 12.3. The molecule has 0 spiro atoms. The Labute approximate surface area is 183 Å². The molecule has 1 amide bonds. The van der Waals surface area contributed by atoms with E-state index < -0.39 is 12.1 Å². The highest BCUT2D eigenvalue weighted by atomic mass is 16.4. The van der Waals surface area contributed by atoms with Gasteiger partial charge in [0.25, 0.3) is 0 Å². The summed E-state index contributed by atoms with van der Waals surface area (Å²) >= 11 is 0. The first-order valence-corrected chi connectivity index (χ1v) is 11.3. The Morgan fingerprint density at radius 1 is 1.16 bits per heavy atom. The number of benzene rings is 1. The first-order valence-electron chi connectivity index (χ1n) is 11.3. The molecule has 1 saturated heterocycles. The molecule has 2 heterocycles. The number of aryl methyl sites for hydroxylation is 1. The van der Waals surface area contributed by atoms with Crippen molar-refractivity contribution >= 4 is 11.9 Å². The second-order valence-electron chi connectivity index (χ2n) is 8.45. The highest BCUT2D eigenvalue weighted by Gasteiger charge is 2.30. The number of aliphatic carboxylic acids is 1. The van der Waals surface area contributed by atoms with Crippen molar-refractivity contribution in [1.29, 1.82) is 0 Å². The average Bonchev–Trinajstić information content (AvgIpc) is 3.36. The number of unbranched alkanes of at least 4 members (excludes halogenated alkanes) is 3. The molecule has 168 valence electrons. The molecule has 0 bridgehead atoms. The van der Waals surface area contributed by atoms with E-state index in [-0.39, 0.29) is 18.4 Å². The third-order valence-corrected chi connectivity index (χ3v) is 6.13. The molecule has 1 aliphatic rings. The molecule has 3 rings (SSSR count). The van der Waals surface area contributed by atoms with Gasteiger partial charge in [-0.2, -0.15) is 0 Å². The summed E-state index contributed by atoms with van der Waals surface area (Å²) in [5, 5.41) is 19.3. The lowest BCUT2D eigenvalue weighted by atomic mass is 10.0. The number of aliphatic hydroxyl groups excluding tert-OH is 1. The van der Waals surface area contributed by atoms with E-state index in [1.807, 2.05) is 48.2 Å². The van der Waals surface area contributed by atoms with Gasteiger partial charge in [-0.3, -0.25) is 9.59 Å². The van der Waals surface area contributed by atoms with Crippen LogP contribution in [-0.2, 0) is 9.59 Å². The number of rotatable bonds is 12. The maximum absolute atomic E-state index is 12.3. The number of carbonyl (C=O) groups is 2. The Morgan fingerprint density at radius 2 is 1.94 bits per heavy atom. The van der Waals surface area contributed by atoms with Gasteiger partial charge in [-0.05, 0) is 56.7 Å². The van der Waals surface area contributed by atoms with Crippen molar-refractivity contribution in [2.24, 2.45) is 0 Å². The molecule has 0 radical (unpaired) electrons. The number of nitrogens with zero attached hydrogens (tertiary/aromatic N) is 1. The first kappa shape index (κ1) is 23.1. The smallest absolute Gasteiger partial charge is 0.303 e. The van der Waals surface area contributed by atoms with Crippen molar-refractivity contribution in [3.63, 3.8) is 0 Å². The zero-order valence-corrected chi connectivity index (χ0v) is 18.3. The van der Waals surface area contributed by atoms with Crippen molar-refractivity contribution in [2.45, 2.75) is 76.9 Å². The van der Waals surface area contributed by atoms with Gasteiger partial charge in [0.2, 0.25) is 5.91 Å². The average molecular weight is 428 g/mol. The van der Waals surface area contributed by atoms with E-state index in [0.29, 0.717) is 31.6 Å². The summed E-state index contributed by atoms with van der Waals surface area (Å²) in [5.41, 5.74) is 2.15. The van der Waals surface area contributed by atoms with Crippen LogP contribution in [0.25, 0.3) is 11.3 Å². The van der Waals surface area contributed by atoms with Crippen LogP contribution in [-0.4, -0.2) is 39.6 Å². The van der Waals surface area contributed by atoms with Crippen LogP contribution in [0, 0.1) is 6.92 Å². The number of hydrogen-bond donors (Lipinski definition) is 2. The molecule has 6 nitrogen and oxygen atoms in total. The number of hydrogen-bond acceptors (Lipinski definition) is 4. The van der Waals surface area contributed by atoms with E-state index in [4.69, 9.17) is 9.52 Å². The van der Waals surface area contributed by atoms with E-state index >= 15 is 0 Å². The zero-order chi connectivity index (χ0) is 22.2. The maximum Gasteiger partial charge on any atom is 0.303 e. The SMILES string of the molecule is Cc1ccccc1-c1ccc(C(O)CCC2CCC(=O)N2CCCCCCC(=O)O)o1. The Kier molecular flexibility index (Phi) is 8.29. The summed E-state index contributed by atoms with van der Waals surface area (Å²) in [4.78, 5) is 24.8. The van der Waals surface area contributed by atoms with E-state index in [2.05, 4.69) is 0 Å². The van der Waals surface area contributed by atoms with Gasteiger partial charge in [-0.1, -0.05) is 37.1 Å². The van der Waals surface area contributed by atoms with Crippen LogP contribution in [0.5, 0.6) is 0 Å². The van der Waals surface area contributed by atoms with Crippen molar-refractivity contribution in [2.75, 3.05) is 6.54 Å². The minimum atomic E-state index is -0.754. The molecule has 1 aromatic heterocycles. The number of carboxylic acids is 1. The molecule has 0 aliphatic carbocycles. The molecule has 2 unspecified atom stereocenters. The van der Waals surface area contributed by atoms with E-state index in [1.165, 1.54) is 0 Å². The largest absolute Gasteiger partial charge is 0.481 e. The number of furan rings is 1. The first-order chi connectivity index (χ1) is 15.0. The van der Waals surface area contributed by atoms with Crippen molar-refractivity contribution in [1.82, 2.24) is 4.90 Å². The van der Waals surface area contributed by atoms with E-state index in [9.17, 15) is 14.7 Å². The van der Waals surface area contributed by atoms with E-state index in [0.717, 1.165) is 49.0 Å². The topological polar surface area (TPSA) is 91.0 Å². The van der Waals surface area contributed by atoms with Crippen molar-refractivity contribution < 1.29 is 24.2 Å². The molecule has 1 aromatic carbocycles. The fourth-order valence-electron chi connectivity index (χ4n) is 4.33. The fourth-order valence-corrected chi connectivity index (χ4v) is 4.33. The summed E-state index contributed by atoms with van der Waals surface area (Å²) in [5.74, 6) is 0.751. The molecule has 1 aliphatic heterocycles. The summed E-state index contributed by atoms with van der Waals surface area (Å²) in [7, 11) is 0. The Morgan fingerprint density at radius 3 is 2.71 bits per heavy atom. The molecule has 1 fully saturated rings. The van der Waals surface area contributed by atoms with Crippen molar-refractivity contribution in [3.8, 4) is 11.3 Å². The fraction of sp³-hybridized carbons (Fsp3) is 0.520. The third kappa shape index (κ3) is 6.44. The summed E-state index contributed by atoms with van der Waals surface area (Å²) in [6, 6.07) is 11.9. The monoisotopic (exact) mass is 427 g/mol. The summed E-state index contributed by atoms with van der Waals surface area (Å²) in [6.45, 7) is 2.75. The van der Waals surface area contributed by atoms with Crippen LogP contribution in [0.3, 0.4) is 0 Å². The van der Waals surface area contributed by atoms with Crippen molar-refractivity contribution in [3.05, 3.63) is 47.7 Å². The number of aliphatic hydroxyl groups is 1. The minimum Gasteiger partial charge on any atom is -0.481 e. The van der Waals surface area contributed by atoms with Gasteiger partial charge in [-0.25, -0.2) is 0 Å². The Hall–Kier alpha value is -2.60.